The van der Waals surface area contributed by atoms with Gasteiger partial charge in [-0.3, -0.25) is 9.59 Å². The zero-order valence-electron chi connectivity index (χ0n) is 10.0. The van der Waals surface area contributed by atoms with E-state index in [4.69, 9.17) is 16.2 Å². The van der Waals surface area contributed by atoms with Gasteiger partial charge in [-0.05, 0) is 12.1 Å². The van der Waals surface area contributed by atoms with Crippen LogP contribution in [0.3, 0.4) is 0 Å². The van der Waals surface area contributed by atoms with E-state index in [0.717, 1.165) is 0 Å². The molecule has 0 radical (unpaired) electrons. The average molecular weight is 251 g/mol. The number of nitrogens with two attached hydrogens (primary N) is 2. The van der Waals surface area contributed by atoms with Crippen LogP contribution in [0.25, 0.3) is 0 Å². The SMILES string of the molecule is NCCOc1ccccc1C(=O)NCCC(N)=O. The number of ether oxygens (including phenoxy) is 1. The molecule has 0 atom stereocenters. The summed E-state index contributed by atoms with van der Waals surface area (Å²) in [6.07, 6.45) is 0.109. The van der Waals surface area contributed by atoms with E-state index in [1.807, 2.05) is 0 Å². The maximum Gasteiger partial charge on any atom is 0.255 e. The topological polar surface area (TPSA) is 107 Å². The molecule has 0 aliphatic rings. The molecule has 1 rings (SSSR count). The summed E-state index contributed by atoms with van der Waals surface area (Å²) in [7, 11) is 0. The quantitative estimate of drug-likeness (QED) is 0.614. The molecule has 0 unspecified atom stereocenters. The van der Waals surface area contributed by atoms with E-state index in [-0.39, 0.29) is 18.9 Å². The highest BCUT2D eigenvalue weighted by Crippen LogP contribution is 2.17. The van der Waals surface area contributed by atoms with Gasteiger partial charge in [-0.1, -0.05) is 12.1 Å². The Bertz CT molecular complexity index is 421. The predicted molar refractivity (Wildman–Crippen MR) is 67.1 cm³/mol. The van der Waals surface area contributed by atoms with Gasteiger partial charge in [0.2, 0.25) is 5.91 Å². The normalized spacial score (nSPS) is 9.83. The lowest BCUT2D eigenvalue weighted by atomic mass is 10.2. The van der Waals surface area contributed by atoms with E-state index < -0.39 is 5.91 Å². The van der Waals surface area contributed by atoms with Crippen molar-refractivity contribution < 1.29 is 14.3 Å². The number of amides is 2. The molecule has 1 aromatic rings. The number of para-hydroxylation sites is 1. The first-order valence-electron chi connectivity index (χ1n) is 5.63. The number of nitrogens with one attached hydrogen (secondary N) is 1. The Morgan fingerprint density at radius 2 is 2.00 bits per heavy atom. The number of hydrogen-bond acceptors (Lipinski definition) is 4. The first-order valence-corrected chi connectivity index (χ1v) is 5.63. The zero-order chi connectivity index (χ0) is 13.4. The molecule has 18 heavy (non-hydrogen) atoms. The molecule has 1 aromatic carbocycles. The van der Waals surface area contributed by atoms with Crippen LogP contribution in [-0.4, -0.2) is 31.5 Å². The van der Waals surface area contributed by atoms with Crippen molar-refractivity contribution in [1.82, 2.24) is 5.32 Å². The summed E-state index contributed by atoms with van der Waals surface area (Å²) in [5, 5.41) is 2.60. The average Bonchev–Trinajstić information content (AvgIpc) is 2.36. The first-order chi connectivity index (χ1) is 8.65. The summed E-state index contributed by atoms with van der Waals surface area (Å²) in [4.78, 5) is 22.4. The fourth-order valence-electron chi connectivity index (χ4n) is 1.34. The van der Waals surface area contributed by atoms with Crippen molar-refractivity contribution in [3.63, 3.8) is 0 Å². The van der Waals surface area contributed by atoms with Gasteiger partial charge in [-0.15, -0.1) is 0 Å². The van der Waals surface area contributed by atoms with Crippen molar-refractivity contribution in [1.29, 1.82) is 0 Å². The van der Waals surface area contributed by atoms with E-state index in [0.29, 0.717) is 24.5 Å². The molecule has 0 aliphatic carbocycles. The van der Waals surface area contributed by atoms with Crippen LogP contribution in [0, 0.1) is 0 Å². The highest BCUT2D eigenvalue weighted by molar-refractivity contribution is 5.97. The summed E-state index contributed by atoms with van der Waals surface area (Å²) >= 11 is 0. The van der Waals surface area contributed by atoms with Crippen LogP contribution in [0.15, 0.2) is 24.3 Å². The summed E-state index contributed by atoms with van der Waals surface area (Å²) in [6.45, 7) is 0.919. The highest BCUT2D eigenvalue weighted by atomic mass is 16.5. The molecule has 6 nitrogen and oxygen atoms in total. The Kier molecular flexibility index (Phi) is 5.66. The Balaban J connectivity index is 2.63. The number of rotatable bonds is 7. The van der Waals surface area contributed by atoms with Crippen molar-refractivity contribution in [2.75, 3.05) is 19.7 Å². The fourth-order valence-corrected chi connectivity index (χ4v) is 1.34. The van der Waals surface area contributed by atoms with Crippen molar-refractivity contribution >= 4 is 11.8 Å². The van der Waals surface area contributed by atoms with Crippen LogP contribution in [-0.2, 0) is 4.79 Å². The second kappa shape index (κ2) is 7.29. The minimum atomic E-state index is -0.456. The molecule has 0 fully saturated rings. The minimum absolute atomic E-state index is 0.109. The lowest BCUT2D eigenvalue weighted by Crippen LogP contribution is -2.28. The largest absolute Gasteiger partial charge is 0.491 e. The number of carbonyl (C=O) groups excluding carboxylic acids is 2. The third kappa shape index (κ3) is 4.42. The van der Waals surface area contributed by atoms with Crippen LogP contribution in [0.1, 0.15) is 16.8 Å². The molecular weight excluding hydrogens is 234 g/mol. The van der Waals surface area contributed by atoms with Gasteiger partial charge in [-0.25, -0.2) is 0 Å². The Hall–Kier alpha value is -2.08. The summed E-state index contributed by atoms with van der Waals surface area (Å²) in [5.41, 5.74) is 10.7. The minimum Gasteiger partial charge on any atom is -0.491 e. The van der Waals surface area contributed by atoms with Gasteiger partial charge in [0, 0.05) is 19.5 Å². The molecule has 98 valence electrons. The Morgan fingerprint density at radius 1 is 1.28 bits per heavy atom. The lowest BCUT2D eigenvalue weighted by molar-refractivity contribution is -0.117. The summed E-state index contributed by atoms with van der Waals surface area (Å²) < 4.78 is 5.36. The van der Waals surface area contributed by atoms with Crippen molar-refractivity contribution in [2.45, 2.75) is 6.42 Å². The van der Waals surface area contributed by atoms with Crippen molar-refractivity contribution in [3.8, 4) is 5.75 Å². The van der Waals surface area contributed by atoms with Crippen LogP contribution in [0.5, 0.6) is 5.75 Å². The van der Waals surface area contributed by atoms with E-state index in [1.165, 1.54) is 0 Å². The molecule has 0 aromatic heterocycles. The van der Waals surface area contributed by atoms with Crippen molar-refractivity contribution in [2.24, 2.45) is 11.5 Å². The Labute approximate surface area is 105 Å². The van der Waals surface area contributed by atoms with Gasteiger partial charge in [0.25, 0.3) is 5.91 Å². The maximum absolute atomic E-state index is 11.8. The number of benzene rings is 1. The Morgan fingerprint density at radius 3 is 2.67 bits per heavy atom. The van der Waals surface area contributed by atoms with Gasteiger partial charge in [-0.2, -0.15) is 0 Å². The van der Waals surface area contributed by atoms with Crippen LogP contribution in [0.2, 0.25) is 0 Å². The summed E-state index contributed by atoms with van der Waals surface area (Å²) in [6, 6.07) is 6.84. The van der Waals surface area contributed by atoms with Gasteiger partial charge < -0.3 is 21.5 Å². The second-order valence-corrected chi connectivity index (χ2v) is 3.61. The van der Waals surface area contributed by atoms with Gasteiger partial charge in [0.1, 0.15) is 12.4 Å². The number of hydrogen-bond donors (Lipinski definition) is 3. The molecule has 2 amide bonds. The fraction of sp³-hybridized carbons (Fsp3) is 0.333. The molecule has 6 heteroatoms. The van der Waals surface area contributed by atoms with E-state index in [2.05, 4.69) is 5.32 Å². The monoisotopic (exact) mass is 251 g/mol. The molecular formula is C12H17N3O3. The molecule has 0 aliphatic heterocycles. The van der Waals surface area contributed by atoms with Crippen molar-refractivity contribution in [3.05, 3.63) is 29.8 Å². The predicted octanol–water partition coefficient (Wildman–Crippen LogP) is -0.371. The smallest absolute Gasteiger partial charge is 0.255 e. The molecule has 0 saturated carbocycles. The van der Waals surface area contributed by atoms with E-state index in [9.17, 15) is 9.59 Å². The maximum atomic E-state index is 11.8. The molecule has 0 heterocycles. The third-order valence-corrected chi connectivity index (χ3v) is 2.16. The second-order valence-electron chi connectivity index (χ2n) is 3.61. The van der Waals surface area contributed by atoms with Gasteiger partial charge in [0.05, 0.1) is 5.56 Å². The zero-order valence-corrected chi connectivity index (χ0v) is 10.0. The van der Waals surface area contributed by atoms with Crippen LogP contribution in [0.4, 0.5) is 0 Å². The first kappa shape index (κ1) is 14.0. The van der Waals surface area contributed by atoms with Crippen LogP contribution >= 0.6 is 0 Å². The molecule has 0 saturated heterocycles. The van der Waals surface area contributed by atoms with Gasteiger partial charge in [0.15, 0.2) is 0 Å². The number of carbonyl (C=O) groups is 2. The van der Waals surface area contributed by atoms with Crippen LogP contribution < -0.4 is 21.5 Å². The molecule has 0 bridgehead atoms. The van der Waals surface area contributed by atoms with Gasteiger partial charge >= 0.3 is 0 Å². The van der Waals surface area contributed by atoms with E-state index >= 15 is 0 Å². The lowest BCUT2D eigenvalue weighted by Gasteiger charge is -2.10. The number of primary amides is 1. The highest BCUT2D eigenvalue weighted by Gasteiger charge is 2.11. The molecule has 5 N–H and O–H groups in total. The summed E-state index contributed by atoms with van der Waals surface area (Å²) in [5.74, 6) is -0.286. The molecule has 0 spiro atoms. The standard InChI is InChI=1S/C12H17N3O3/c13-6-8-18-10-4-2-1-3-9(10)12(17)15-7-5-11(14)16/h1-4H,5-8,13H2,(H2,14,16)(H,15,17). The van der Waals surface area contributed by atoms with E-state index in [1.54, 1.807) is 24.3 Å². The third-order valence-electron chi connectivity index (χ3n) is 2.16.